The Labute approximate surface area is 95.3 Å². The third-order valence-corrected chi connectivity index (χ3v) is 3.66. The molecule has 0 saturated heterocycles. The summed E-state index contributed by atoms with van der Waals surface area (Å²) < 4.78 is 0. The van der Waals surface area contributed by atoms with Gasteiger partial charge in [-0.2, -0.15) is 0 Å². The summed E-state index contributed by atoms with van der Waals surface area (Å²) in [5, 5.41) is 3.68. The van der Waals surface area contributed by atoms with Crippen LogP contribution in [-0.2, 0) is 0 Å². The zero-order valence-electron chi connectivity index (χ0n) is 10.3. The fourth-order valence-corrected chi connectivity index (χ4v) is 2.54. The van der Waals surface area contributed by atoms with Crippen molar-refractivity contribution in [2.45, 2.75) is 64.3 Å². The number of rotatable bonds is 8. The summed E-state index contributed by atoms with van der Waals surface area (Å²) in [7, 11) is 0. The molecular formula is C14H27N. The van der Waals surface area contributed by atoms with Crippen LogP contribution in [0.2, 0.25) is 0 Å². The largest absolute Gasteiger partial charge is 0.314 e. The van der Waals surface area contributed by atoms with E-state index in [1.807, 2.05) is 6.08 Å². The van der Waals surface area contributed by atoms with Crippen LogP contribution >= 0.6 is 0 Å². The van der Waals surface area contributed by atoms with Crippen molar-refractivity contribution in [2.24, 2.45) is 5.92 Å². The lowest BCUT2D eigenvalue weighted by Crippen LogP contribution is -2.32. The number of hydrogen-bond donors (Lipinski definition) is 1. The Hall–Kier alpha value is -0.300. The normalized spacial score (nSPS) is 19.3. The Kier molecular flexibility index (Phi) is 6.74. The second kappa shape index (κ2) is 7.92. The van der Waals surface area contributed by atoms with Crippen molar-refractivity contribution in [1.29, 1.82) is 0 Å². The van der Waals surface area contributed by atoms with Gasteiger partial charge in [-0.15, -0.1) is 6.58 Å². The van der Waals surface area contributed by atoms with Crippen molar-refractivity contribution in [2.75, 3.05) is 6.54 Å². The number of allylic oxidation sites excluding steroid dienone is 1. The van der Waals surface area contributed by atoms with E-state index in [0.717, 1.165) is 12.0 Å². The summed E-state index contributed by atoms with van der Waals surface area (Å²) in [6, 6.07) is 0.743. The lowest BCUT2D eigenvalue weighted by Gasteiger charge is -2.20. The predicted molar refractivity (Wildman–Crippen MR) is 68.1 cm³/mol. The maximum atomic E-state index is 3.74. The van der Waals surface area contributed by atoms with Gasteiger partial charge in [0, 0.05) is 6.04 Å². The summed E-state index contributed by atoms with van der Waals surface area (Å²) in [6.07, 6.45) is 13.0. The van der Waals surface area contributed by atoms with E-state index in [-0.39, 0.29) is 0 Å². The first-order valence-electron chi connectivity index (χ1n) is 6.69. The fourth-order valence-electron chi connectivity index (χ4n) is 2.54. The second-order valence-electron chi connectivity index (χ2n) is 4.93. The lowest BCUT2D eigenvalue weighted by atomic mass is 10.00. The molecule has 1 fully saturated rings. The van der Waals surface area contributed by atoms with Gasteiger partial charge in [0.05, 0.1) is 0 Å². The molecule has 1 aliphatic carbocycles. The highest BCUT2D eigenvalue weighted by Gasteiger charge is 2.20. The summed E-state index contributed by atoms with van der Waals surface area (Å²) in [6.45, 7) is 7.31. The Bertz CT molecular complexity index is 159. The van der Waals surface area contributed by atoms with Crippen LogP contribution in [0.3, 0.4) is 0 Å². The Morgan fingerprint density at radius 3 is 2.67 bits per heavy atom. The molecule has 1 atom stereocenters. The molecule has 0 heterocycles. The minimum atomic E-state index is 0.743. The minimum Gasteiger partial charge on any atom is -0.314 e. The number of nitrogens with one attached hydrogen (secondary N) is 1. The van der Waals surface area contributed by atoms with Crippen LogP contribution < -0.4 is 5.32 Å². The SMILES string of the molecule is C=CCCCCCN[C@H](C)C1CCCC1. The molecule has 1 saturated carbocycles. The molecule has 0 unspecified atom stereocenters. The molecule has 0 radical (unpaired) electrons. The monoisotopic (exact) mass is 209 g/mol. The maximum Gasteiger partial charge on any atom is 0.00669 e. The van der Waals surface area contributed by atoms with Gasteiger partial charge in [-0.3, -0.25) is 0 Å². The number of hydrogen-bond acceptors (Lipinski definition) is 1. The zero-order valence-corrected chi connectivity index (χ0v) is 10.3. The molecule has 0 amide bonds. The topological polar surface area (TPSA) is 12.0 Å². The van der Waals surface area contributed by atoms with Gasteiger partial charge in [-0.1, -0.05) is 25.3 Å². The van der Waals surface area contributed by atoms with Crippen LogP contribution in [0, 0.1) is 5.92 Å². The Morgan fingerprint density at radius 1 is 1.27 bits per heavy atom. The molecule has 0 spiro atoms. The molecule has 0 aromatic heterocycles. The predicted octanol–water partition coefficient (Wildman–Crippen LogP) is 3.90. The fraction of sp³-hybridized carbons (Fsp3) is 0.857. The summed E-state index contributed by atoms with van der Waals surface area (Å²) in [5.74, 6) is 0.957. The van der Waals surface area contributed by atoms with Gasteiger partial charge >= 0.3 is 0 Å². The quantitative estimate of drug-likeness (QED) is 0.472. The highest BCUT2D eigenvalue weighted by atomic mass is 14.9. The molecule has 0 aliphatic heterocycles. The van der Waals surface area contributed by atoms with Gasteiger partial charge in [-0.25, -0.2) is 0 Å². The van der Waals surface area contributed by atoms with Crippen molar-refractivity contribution < 1.29 is 0 Å². The first-order chi connectivity index (χ1) is 7.34. The van der Waals surface area contributed by atoms with Crippen LogP contribution in [0.25, 0.3) is 0 Å². The van der Waals surface area contributed by atoms with E-state index in [9.17, 15) is 0 Å². The molecule has 1 heteroatoms. The molecule has 15 heavy (non-hydrogen) atoms. The molecule has 1 nitrogen and oxygen atoms in total. The van der Waals surface area contributed by atoms with Gasteiger partial charge in [0.1, 0.15) is 0 Å². The van der Waals surface area contributed by atoms with Crippen molar-refractivity contribution >= 4 is 0 Å². The van der Waals surface area contributed by atoms with Crippen LogP contribution in [0.15, 0.2) is 12.7 Å². The van der Waals surface area contributed by atoms with Gasteiger partial charge in [0.15, 0.2) is 0 Å². The molecule has 0 aromatic rings. The smallest absolute Gasteiger partial charge is 0.00669 e. The summed E-state index contributed by atoms with van der Waals surface area (Å²) in [4.78, 5) is 0. The highest BCUT2D eigenvalue weighted by Crippen LogP contribution is 2.27. The van der Waals surface area contributed by atoms with Crippen LogP contribution in [0.5, 0.6) is 0 Å². The lowest BCUT2D eigenvalue weighted by molar-refractivity contribution is 0.378. The van der Waals surface area contributed by atoms with Gasteiger partial charge in [0.25, 0.3) is 0 Å². The standard InChI is InChI=1S/C14H27N/c1-3-4-5-6-9-12-15-13(2)14-10-7-8-11-14/h3,13-15H,1,4-12H2,2H3/t13-/m1/s1. The van der Waals surface area contributed by atoms with E-state index < -0.39 is 0 Å². The molecule has 1 aliphatic rings. The van der Waals surface area contributed by atoms with E-state index in [0.29, 0.717) is 0 Å². The van der Waals surface area contributed by atoms with Crippen molar-refractivity contribution in [3.05, 3.63) is 12.7 Å². The third-order valence-electron chi connectivity index (χ3n) is 3.66. The van der Waals surface area contributed by atoms with E-state index >= 15 is 0 Å². The third kappa shape index (κ3) is 5.36. The first-order valence-corrected chi connectivity index (χ1v) is 6.69. The zero-order chi connectivity index (χ0) is 10.9. The number of unbranched alkanes of at least 4 members (excludes halogenated alkanes) is 3. The first kappa shape index (κ1) is 12.8. The van der Waals surface area contributed by atoms with Gasteiger partial charge < -0.3 is 5.32 Å². The Balaban J connectivity index is 1.92. The van der Waals surface area contributed by atoms with E-state index in [1.165, 1.54) is 57.9 Å². The molecule has 0 bridgehead atoms. The molecule has 88 valence electrons. The van der Waals surface area contributed by atoms with E-state index in [4.69, 9.17) is 0 Å². The van der Waals surface area contributed by atoms with Crippen molar-refractivity contribution in [3.8, 4) is 0 Å². The van der Waals surface area contributed by atoms with Crippen LogP contribution in [0.4, 0.5) is 0 Å². The van der Waals surface area contributed by atoms with E-state index in [1.54, 1.807) is 0 Å². The average molecular weight is 209 g/mol. The van der Waals surface area contributed by atoms with Gasteiger partial charge in [-0.05, 0) is 51.5 Å². The molecule has 1 N–H and O–H groups in total. The van der Waals surface area contributed by atoms with E-state index in [2.05, 4.69) is 18.8 Å². The van der Waals surface area contributed by atoms with Crippen molar-refractivity contribution in [3.63, 3.8) is 0 Å². The summed E-state index contributed by atoms with van der Waals surface area (Å²) >= 11 is 0. The molecule has 1 rings (SSSR count). The highest BCUT2D eigenvalue weighted by molar-refractivity contribution is 4.77. The van der Waals surface area contributed by atoms with Crippen molar-refractivity contribution in [1.82, 2.24) is 5.32 Å². The summed E-state index contributed by atoms with van der Waals surface area (Å²) in [5.41, 5.74) is 0. The minimum absolute atomic E-state index is 0.743. The second-order valence-corrected chi connectivity index (χ2v) is 4.93. The van der Waals surface area contributed by atoms with Crippen LogP contribution in [-0.4, -0.2) is 12.6 Å². The van der Waals surface area contributed by atoms with Gasteiger partial charge in [0.2, 0.25) is 0 Å². The molecular weight excluding hydrogens is 182 g/mol. The molecule has 0 aromatic carbocycles. The maximum absolute atomic E-state index is 3.74. The average Bonchev–Trinajstić information content (AvgIpc) is 2.76. The van der Waals surface area contributed by atoms with Crippen LogP contribution in [0.1, 0.15) is 58.3 Å². The Morgan fingerprint density at radius 2 is 2.00 bits per heavy atom.